The van der Waals surface area contributed by atoms with E-state index in [2.05, 4.69) is 16.3 Å². The van der Waals surface area contributed by atoms with Gasteiger partial charge in [-0.2, -0.15) is 0 Å². The van der Waals surface area contributed by atoms with Crippen molar-refractivity contribution >= 4 is 28.2 Å². The Hall–Kier alpha value is -1.56. The normalized spacial score (nSPS) is 17.1. The minimum Gasteiger partial charge on any atom is -0.371 e. The number of hydrogen-bond donors (Lipinski definition) is 1. The van der Waals surface area contributed by atoms with Crippen LogP contribution in [0.2, 0.25) is 0 Å². The second-order valence-corrected chi connectivity index (χ2v) is 7.35. The summed E-state index contributed by atoms with van der Waals surface area (Å²) in [4.78, 5) is 16.2. The monoisotopic (exact) mass is 323 g/mol. The summed E-state index contributed by atoms with van der Waals surface area (Å²) < 4.78 is 11.3. The van der Waals surface area contributed by atoms with E-state index in [9.17, 15) is 9.00 Å². The molecule has 1 N–H and O–H groups in total. The smallest absolute Gasteiger partial charge is 0.321 e. The summed E-state index contributed by atoms with van der Waals surface area (Å²) in [5.74, 6) is 0.484. The molecule has 2 rings (SSSR count). The second-order valence-electron chi connectivity index (χ2n) is 5.87. The summed E-state index contributed by atoms with van der Waals surface area (Å²) in [5.41, 5.74) is 1.95. The third kappa shape index (κ3) is 4.47. The van der Waals surface area contributed by atoms with Crippen LogP contribution >= 0.6 is 0 Å². The Morgan fingerprint density at radius 3 is 2.73 bits per heavy atom. The maximum atomic E-state index is 12.3. The zero-order valence-electron chi connectivity index (χ0n) is 13.5. The van der Waals surface area contributed by atoms with E-state index in [1.54, 1.807) is 18.2 Å². The first kappa shape index (κ1) is 16.8. The number of urea groups is 1. The average molecular weight is 323 g/mol. The third-order valence-electron chi connectivity index (χ3n) is 4.03. The lowest BCUT2D eigenvalue weighted by Crippen LogP contribution is -2.40. The molecule has 0 saturated carbocycles. The molecule has 1 saturated heterocycles. The van der Waals surface area contributed by atoms with Crippen LogP contribution in [-0.2, 0) is 10.8 Å². The number of carbonyl (C=O) groups is 1. The van der Waals surface area contributed by atoms with Gasteiger partial charge in [0.1, 0.15) is 0 Å². The van der Waals surface area contributed by atoms with E-state index >= 15 is 0 Å². The molecule has 5 nitrogen and oxygen atoms in total. The van der Waals surface area contributed by atoms with Gasteiger partial charge in [-0.05, 0) is 38.0 Å². The first-order valence-electron chi connectivity index (χ1n) is 7.66. The molecule has 2 atom stereocenters. The Kier molecular flexibility index (Phi) is 5.83. The van der Waals surface area contributed by atoms with Crippen molar-refractivity contribution in [3.05, 3.63) is 24.3 Å². The van der Waals surface area contributed by atoms with E-state index in [0.29, 0.717) is 5.75 Å². The summed E-state index contributed by atoms with van der Waals surface area (Å²) in [6.07, 6.45) is 4.11. The average Bonchev–Trinajstić information content (AvgIpc) is 3.00. The van der Waals surface area contributed by atoms with E-state index in [-0.39, 0.29) is 12.1 Å². The number of nitrogens with one attached hydrogen (secondary N) is 1. The molecule has 0 bridgehead atoms. The molecule has 1 aromatic carbocycles. The van der Waals surface area contributed by atoms with Crippen LogP contribution in [0.1, 0.15) is 19.8 Å². The SMILES string of the molecule is C[C@@H](C[S@@](C)=O)N(C)C(=O)Nc1cccc(N2CCCC2)c1. The van der Waals surface area contributed by atoms with Crippen molar-refractivity contribution in [2.24, 2.45) is 0 Å². The van der Waals surface area contributed by atoms with Crippen LogP contribution in [0.4, 0.5) is 16.2 Å². The van der Waals surface area contributed by atoms with Gasteiger partial charge in [0.25, 0.3) is 0 Å². The summed E-state index contributed by atoms with van der Waals surface area (Å²) in [5, 5.41) is 2.92. The highest BCUT2D eigenvalue weighted by atomic mass is 32.2. The first-order valence-corrected chi connectivity index (χ1v) is 9.39. The van der Waals surface area contributed by atoms with Crippen LogP contribution in [0.15, 0.2) is 24.3 Å². The number of nitrogens with zero attached hydrogens (tertiary/aromatic N) is 2. The van der Waals surface area contributed by atoms with Gasteiger partial charge in [-0.1, -0.05) is 6.07 Å². The summed E-state index contributed by atoms with van der Waals surface area (Å²) in [6.45, 7) is 4.06. The second kappa shape index (κ2) is 7.63. The van der Waals surface area contributed by atoms with Crippen molar-refractivity contribution in [1.29, 1.82) is 0 Å². The molecule has 1 aliphatic heterocycles. The largest absolute Gasteiger partial charge is 0.371 e. The van der Waals surface area contributed by atoms with Gasteiger partial charge in [-0.25, -0.2) is 4.79 Å². The van der Waals surface area contributed by atoms with Crippen LogP contribution in [0.3, 0.4) is 0 Å². The Morgan fingerprint density at radius 1 is 1.41 bits per heavy atom. The number of rotatable bonds is 5. The molecule has 1 aliphatic rings. The van der Waals surface area contributed by atoms with Gasteiger partial charge in [-0.3, -0.25) is 4.21 Å². The van der Waals surface area contributed by atoms with E-state index in [4.69, 9.17) is 0 Å². The van der Waals surface area contributed by atoms with Gasteiger partial charge in [0.05, 0.1) is 0 Å². The number of benzene rings is 1. The number of carbonyl (C=O) groups excluding carboxylic acids is 1. The molecule has 0 radical (unpaired) electrons. The van der Waals surface area contributed by atoms with E-state index in [1.807, 2.05) is 25.1 Å². The molecule has 0 aromatic heterocycles. The van der Waals surface area contributed by atoms with Gasteiger partial charge in [0.15, 0.2) is 0 Å². The van der Waals surface area contributed by atoms with E-state index in [1.165, 1.54) is 12.8 Å². The van der Waals surface area contributed by atoms with Gasteiger partial charge >= 0.3 is 6.03 Å². The van der Waals surface area contributed by atoms with Crippen molar-refractivity contribution < 1.29 is 9.00 Å². The summed E-state index contributed by atoms with van der Waals surface area (Å²) >= 11 is 0. The Morgan fingerprint density at radius 2 is 2.09 bits per heavy atom. The molecular weight excluding hydrogens is 298 g/mol. The maximum absolute atomic E-state index is 12.3. The fraction of sp³-hybridized carbons (Fsp3) is 0.562. The number of anilines is 2. The molecule has 22 heavy (non-hydrogen) atoms. The van der Waals surface area contributed by atoms with Gasteiger partial charge in [0.2, 0.25) is 0 Å². The van der Waals surface area contributed by atoms with Crippen molar-refractivity contribution in [1.82, 2.24) is 4.90 Å². The highest BCUT2D eigenvalue weighted by Crippen LogP contribution is 2.23. The van der Waals surface area contributed by atoms with E-state index in [0.717, 1.165) is 24.5 Å². The zero-order valence-corrected chi connectivity index (χ0v) is 14.4. The van der Waals surface area contributed by atoms with Gasteiger partial charge in [-0.15, -0.1) is 0 Å². The third-order valence-corrected chi connectivity index (χ3v) is 4.98. The molecule has 0 unspecified atom stereocenters. The highest BCUT2D eigenvalue weighted by molar-refractivity contribution is 7.84. The fourth-order valence-electron chi connectivity index (χ4n) is 2.62. The summed E-state index contributed by atoms with van der Waals surface area (Å²) in [6, 6.07) is 7.72. The highest BCUT2D eigenvalue weighted by Gasteiger charge is 2.18. The minimum absolute atomic E-state index is 0.0624. The standard InChI is InChI=1S/C16H25N3O2S/c1-13(12-22(3)21)18(2)16(20)17-14-7-6-8-15(11-14)19-9-4-5-10-19/h6-8,11,13H,4-5,9-10,12H2,1-3H3,(H,17,20)/t13-,22+/m0/s1. The Labute approximate surface area is 135 Å². The molecular formula is C16H25N3O2S. The van der Waals surface area contributed by atoms with Crippen LogP contribution in [0.5, 0.6) is 0 Å². The molecule has 1 aromatic rings. The fourth-order valence-corrected chi connectivity index (χ4v) is 3.52. The number of hydrogen-bond acceptors (Lipinski definition) is 3. The molecule has 122 valence electrons. The quantitative estimate of drug-likeness (QED) is 0.906. The predicted octanol–water partition coefficient (Wildman–Crippen LogP) is 2.52. The van der Waals surface area contributed by atoms with Crippen molar-refractivity contribution in [3.8, 4) is 0 Å². The zero-order chi connectivity index (χ0) is 16.1. The molecule has 1 fully saturated rings. The number of amides is 2. The molecule has 2 amide bonds. The first-order chi connectivity index (χ1) is 10.5. The maximum Gasteiger partial charge on any atom is 0.321 e. The minimum atomic E-state index is -0.913. The van der Waals surface area contributed by atoms with Crippen LogP contribution in [-0.4, -0.2) is 53.3 Å². The van der Waals surface area contributed by atoms with Crippen molar-refractivity contribution in [2.75, 3.05) is 42.4 Å². The molecule has 0 aliphatic carbocycles. The van der Waals surface area contributed by atoms with Crippen LogP contribution in [0.25, 0.3) is 0 Å². The van der Waals surface area contributed by atoms with Gasteiger partial charge in [0, 0.05) is 60.4 Å². The molecule has 6 heteroatoms. The summed E-state index contributed by atoms with van der Waals surface area (Å²) in [7, 11) is 0.820. The molecule has 0 spiro atoms. The van der Waals surface area contributed by atoms with Crippen molar-refractivity contribution in [2.45, 2.75) is 25.8 Å². The lowest BCUT2D eigenvalue weighted by Gasteiger charge is -2.25. The lowest BCUT2D eigenvalue weighted by atomic mass is 10.2. The van der Waals surface area contributed by atoms with Crippen molar-refractivity contribution in [3.63, 3.8) is 0 Å². The lowest BCUT2D eigenvalue weighted by molar-refractivity contribution is 0.212. The van der Waals surface area contributed by atoms with Crippen LogP contribution in [0, 0.1) is 0 Å². The predicted molar refractivity (Wildman–Crippen MR) is 93.1 cm³/mol. The van der Waals surface area contributed by atoms with E-state index < -0.39 is 10.8 Å². The van der Waals surface area contributed by atoms with Crippen LogP contribution < -0.4 is 10.2 Å². The Balaban J connectivity index is 1.99. The van der Waals surface area contributed by atoms with Gasteiger partial charge < -0.3 is 15.1 Å². The Bertz CT molecular complexity index is 544. The molecule has 1 heterocycles. The topological polar surface area (TPSA) is 52.7 Å².